The van der Waals surface area contributed by atoms with Crippen molar-refractivity contribution in [3.8, 4) is 0 Å². The lowest BCUT2D eigenvalue weighted by molar-refractivity contribution is -0.161. The van der Waals surface area contributed by atoms with Gasteiger partial charge in [-0.05, 0) is 37.5 Å². The quantitative estimate of drug-likeness (QED) is 0.0222. The Kier molecular flexibility index (Phi) is 65.5. The molecule has 0 saturated carbocycles. The van der Waals surface area contributed by atoms with Gasteiger partial charge >= 0.3 is 39.5 Å². The maximum absolute atomic E-state index is 13.1. The van der Waals surface area contributed by atoms with Gasteiger partial charge < -0.3 is 33.8 Å². The van der Waals surface area contributed by atoms with Crippen molar-refractivity contribution in [2.75, 3.05) is 39.6 Å². The molecular weight excluding hydrogens is 1230 g/mol. The molecule has 0 aromatic carbocycles. The van der Waals surface area contributed by atoms with E-state index in [0.29, 0.717) is 25.7 Å². The second kappa shape index (κ2) is 66.9. The fraction of sp³-hybridized carbons (Fsp3) is 0.947. The van der Waals surface area contributed by atoms with Crippen LogP contribution in [-0.4, -0.2) is 96.7 Å². The molecule has 0 bridgehead atoms. The Bertz CT molecular complexity index is 1820. The van der Waals surface area contributed by atoms with Crippen LogP contribution in [0.1, 0.15) is 388 Å². The van der Waals surface area contributed by atoms with Gasteiger partial charge in [-0.2, -0.15) is 0 Å². The Morgan fingerprint density at radius 2 is 0.489 bits per heavy atom. The highest BCUT2D eigenvalue weighted by molar-refractivity contribution is 7.47. The second-order valence-corrected chi connectivity index (χ2v) is 30.9. The Balaban J connectivity index is 5.24. The number of carbonyl (C=O) groups is 4. The summed E-state index contributed by atoms with van der Waals surface area (Å²) < 4.78 is 68.5. The van der Waals surface area contributed by atoms with Crippen molar-refractivity contribution in [2.45, 2.75) is 407 Å². The Morgan fingerprint density at radius 3 is 0.723 bits per heavy atom. The largest absolute Gasteiger partial charge is 0.472 e. The molecule has 0 heterocycles. The monoisotopic (exact) mass is 1380 g/mol. The zero-order chi connectivity index (χ0) is 69.3. The molecule has 0 aliphatic carbocycles. The number of aliphatic hydroxyl groups excluding tert-OH is 1. The molecule has 0 rings (SSSR count). The molecule has 2 unspecified atom stereocenters. The van der Waals surface area contributed by atoms with Gasteiger partial charge in [0.1, 0.15) is 19.3 Å². The van der Waals surface area contributed by atoms with Gasteiger partial charge in [-0.25, -0.2) is 9.13 Å². The van der Waals surface area contributed by atoms with Crippen molar-refractivity contribution in [3.05, 3.63) is 0 Å². The van der Waals surface area contributed by atoms with Crippen LogP contribution in [0.25, 0.3) is 0 Å². The van der Waals surface area contributed by atoms with Crippen LogP contribution in [0.5, 0.6) is 0 Å². The predicted octanol–water partition coefficient (Wildman–Crippen LogP) is 21.9. The number of phosphoric acid groups is 2. The summed E-state index contributed by atoms with van der Waals surface area (Å²) in [6.07, 6.45) is 53.9. The van der Waals surface area contributed by atoms with Gasteiger partial charge in [0.25, 0.3) is 0 Å². The van der Waals surface area contributed by atoms with Gasteiger partial charge in [-0.15, -0.1) is 0 Å². The molecule has 0 aliphatic rings. The molecule has 0 aliphatic heterocycles. The van der Waals surface area contributed by atoms with Crippen LogP contribution in [0.2, 0.25) is 0 Å². The van der Waals surface area contributed by atoms with Crippen LogP contribution in [0.4, 0.5) is 0 Å². The number of hydrogen-bond donors (Lipinski definition) is 3. The van der Waals surface area contributed by atoms with E-state index < -0.39 is 97.5 Å². The average molecular weight is 1380 g/mol. The maximum atomic E-state index is 13.1. The van der Waals surface area contributed by atoms with E-state index >= 15 is 0 Å². The number of aliphatic hydroxyl groups is 1. The molecule has 5 atom stereocenters. The molecule has 0 saturated heterocycles. The van der Waals surface area contributed by atoms with Crippen LogP contribution < -0.4 is 0 Å². The third-order valence-electron chi connectivity index (χ3n) is 17.5. The van der Waals surface area contributed by atoms with Crippen LogP contribution in [0, 0.1) is 11.8 Å². The lowest BCUT2D eigenvalue weighted by atomic mass is 10.0. The van der Waals surface area contributed by atoms with E-state index in [1.165, 1.54) is 205 Å². The number of hydrogen-bond acceptors (Lipinski definition) is 15. The molecule has 0 spiro atoms. The molecule has 94 heavy (non-hydrogen) atoms. The lowest BCUT2D eigenvalue weighted by Gasteiger charge is -2.21. The third-order valence-corrected chi connectivity index (χ3v) is 19.4. The fourth-order valence-corrected chi connectivity index (χ4v) is 13.1. The minimum atomic E-state index is -4.96. The molecule has 17 nitrogen and oxygen atoms in total. The van der Waals surface area contributed by atoms with Crippen LogP contribution in [0.3, 0.4) is 0 Å². The van der Waals surface area contributed by atoms with Crippen LogP contribution >= 0.6 is 15.6 Å². The number of esters is 4. The van der Waals surface area contributed by atoms with Gasteiger partial charge in [0.05, 0.1) is 26.4 Å². The average Bonchev–Trinajstić information content (AvgIpc) is 2.94. The van der Waals surface area contributed by atoms with Crippen molar-refractivity contribution in [3.63, 3.8) is 0 Å². The van der Waals surface area contributed by atoms with Crippen LogP contribution in [0.15, 0.2) is 0 Å². The van der Waals surface area contributed by atoms with E-state index in [0.717, 1.165) is 102 Å². The SMILES string of the molecule is CCCCCCCCCCCCCC(=O)OC[C@H](COP(=O)(O)OC[C@H](O)COP(=O)(O)OC[C@@H](COC(=O)CCCCCCCCCCCCCCCC(C)C)OC(=O)CCCCCCCCCCCCCCCC(C)C)OC(=O)CCCCCCCCCCCCC. The first-order valence-electron chi connectivity index (χ1n) is 39.0. The zero-order valence-corrected chi connectivity index (χ0v) is 63.1. The minimum Gasteiger partial charge on any atom is -0.462 e. The van der Waals surface area contributed by atoms with Gasteiger partial charge in [0.15, 0.2) is 12.2 Å². The molecule has 0 amide bonds. The smallest absolute Gasteiger partial charge is 0.462 e. The van der Waals surface area contributed by atoms with Gasteiger partial charge in [-0.1, -0.05) is 337 Å². The highest BCUT2D eigenvalue weighted by Crippen LogP contribution is 2.45. The third kappa shape index (κ3) is 68.6. The first-order chi connectivity index (χ1) is 45.4. The van der Waals surface area contributed by atoms with Crippen molar-refractivity contribution >= 4 is 39.5 Å². The van der Waals surface area contributed by atoms with Gasteiger partial charge in [0.2, 0.25) is 0 Å². The van der Waals surface area contributed by atoms with E-state index in [2.05, 4.69) is 41.5 Å². The second-order valence-electron chi connectivity index (χ2n) is 28.0. The molecule has 0 radical (unpaired) electrons. The van der Waals surface area contributed by atoms with E-state index in [1.54, 1.807) is 0 Å². The zero-order valence-electron chi connectivity index (χ0n) is 61.3. The molecule has 3 N–H and O–H groups in total. The van der Waals surface area contributed by atoms with E-state index in [4.69, 9.17) is 37.0 Å². The van der Waals surface area contributed by atoms with Gasteiger partial charge in [-0.3, -0.25) is 37.3 Å². The number of ether oxygens (including phenoxy) is 4. The summed E-state index contributed by atoms with van der Waals surface area (Å²) in [5.41, 5.74) is 0. The fourth-order valence-electron chi connectivity index (χ4n) is 11.5. The van der Waals surface area contributed by atoms with E-state index in [-0.39, 0.29) is 25.7 Å². The number of unbranched alkanes of at least 4 members (excludes halogenated alkanes) is 44. The highest BCUT2D eigenvalue weighted by Gasteiger charge is 2.30. The predicted molar refractivity (Wildman–Crippen MR) is 381 cm³/mol. The topological polar surface area (TPSA) is 237 Å². The van der Waals surface area contributed by atoms with Crippen molar-refractivity contribution in [2.24, 2.45) is 11.8 Å². The molecule has 0 aromatic rings. The molecule has 19 heteroatoms. The first kappa shape index (κ1) is 92.1. The minimum absolute atomic E-state index is 0.107. The summed E-state index contributed by atoms with van der Waals surface area (Å²) in [6.45, 7) is 9.62. The van der Waals surface area contributed by atoms with Crippen molar-refractivity contribution in [1.82, 2.24) is 0 Å². The summed E-state index contributed by atoms with van der Waals surface area (Å²) in [6, 6.07) is 0. The molecule has 558 valence electrons. The normalized spacial score (nSPS) is 14.0. The van der Waals surface area contributed by atoms with Crippen LogP contribution in [-0.2, 0) is 65.4 Å². The Morgan fingerprint density at radius 1 is 0.287 bits per heavy atom. The summed E-state index contributed by atoms with van der Waals surface area (Å²) in [4.78, 5) is 72.8. The summed E-state index contributed by atoms with van der Waals surface area (Å²) in [5.74, 6) is -0.537. The maximum Gasteiger partial charge on any atom is 0.472 e. The standard InChI is InChI=1S/C75H146O17P2/c1-7-9-11-13-15-17-25-33-39-45-51-57-72(77)85-63-70(91-74(79)59-53-47-41-35-26-18-16-14-12-10-8-2)65-89-93(81,82)87-61-69(76)62-88-94(83,84)90-66-71(92-75(80)60-54-48-42-36-30-24-20-22-28-32-38-44-50-56-68(5)6)64-86-73(78)58-52-46-40-34-29-23-19-21-27-31-37-43-49-55-67(3)4/h67-71,76H,7-66H2,1-6H3,(H,81,82)(H,83,84)/t69-,70+,71+/m0/s1. The molecule has 0 aromatic heterocycles. The lowest BCUT2D eigenvalue weighted by Crippen LogP contribution is -2.30. The number of carbonyl (C=O) groups excluding carboxylic acids is 4. The Labute approximate surface area is 575 Å². The van der Waals surface area contributed by atoms with Gasteiger partial charge in [0, 0.05) is 25.7 Å². The molecule has 0 fully saturated rings. The number of phosphoric ester groups is 2. The summed E-state index contributed by atoms with van der Waals surface area (Å²) in [5, 5.41) is 10.6. The van der Waals surface area contributed by atoms with E-state index in [1.807, 2.05) is 0 Å². The van der Waals surface area contributed by atoms with Crippen molar-refractivity contribution < 1.29 is 80.2 Å². The summed E-state index contributed by atoms with van der Waals surface area (Å²) >= 11 is 0. The molecular formula is C75H146O17P2. The van der Waals surface area contributed by atoms with E-state index in [9.17, 15) is 43.2 Å². The summed E-state index contributed by atoms with van der Waals surface area (Å²) in [7, 11) is -9.91. The highest BCUT2D eigenvalue weighted by atomic mass is 31.2. The first-order valence-corrected chi connectivity index (χ1v) is 42.0. The Hall–Kier alpha value is -1.94. The van der Waals surface area contributed by atoms with Crippen molar-refractivity contribution in [1.29, 1.82) is 0 Å². The number of rotatable bonds is 74.